The number of benzene rings is 1. The number of hydrogen-bond donors (Lipinski definition) is 2. The first-order valence-corrected chi connectivity index (χ1v) is 6.30. The van der Waals surface area contributed by atoms with Crippen LogP contribution in [0.1, 0.15) is 26.8 Å². The van der Waals surface area contributed by atoms with Crippen LogP contribution in [-0.4, -0.2) is 16.6 Å². The minimum absolute atomic E-state index is 0.140. The van der Waals surface area contributed by atoms with Crippen molar-refractivity contribution in [3.8, 4) is 5.75 Å². The van der Waals surface area contributed by atoms with Crippen LogP contribution in [0.4, 0.5) is 0 Å². The minimum atomic E-state index is -0.348. The average molecular weight is 261 g/mol. The molecule has 0 radical (unpaired) electrons. The first-order chi connectivity index (χ1) is 9.02. The normalized spacial score (nSPS) is 12.7. The Hall–Kier alpha value is -2.01. The summed E-state index contributed by atoms with van der Waals surface area (Å²) in [6.07, 6.45) is 2.02. The highest BCUT2D eigenvalue weighted by atomic mass is 16.5. The average Bonchev–Trinajstić information content (AvgIpc) is 2.79. The molecule has 1 aromatic carbocycles. The standard InChI is InChI=1S/C14H19N3O2/c1-9(2)19-12-4-5-13-11(8-12)6-7-17(13)10(3)14(18)16-15/h4-10H,15H2,1-3H3,(H,16,18). The molecule has 1 atom stereocenters. The van der Waals surface area contributed by atoms with Gasteiger partial charge in [-0.1, -0.05) is 0 Å². The van der Waals surface area contributed by atoms with Crippen LogP contribution in [-0.2, 0) is 4.79 Å². The predicted molar refractivity (Wildman–Crippen MR) is 74.7 cm³/mol. The maximum absolute atomic E-state index is 11.6. The number of ether oxygens (including phenoxy) is 1. The Balaban J connectivity index is 2.36. The van der Waals surface area contributed by atoms with Crippen LogP contribution in [0.5, 0.6) is 5.75 Å². The predicted octanol–water partition coefficient (Wildman–Crippen LogP) is 1.98. The molecule has 0 bridgehead atoms. The maximum atomic E-state index is 11.6. The third kappa shape index (κ3) is 2.71. The van der Waals surface area contributed by atoms with Gasteiger partial charge in [0.05, 0.1) is 6.10 Å². The highest BCUT2D eigenvalue weighted by Gasteiger charge is 2.15. The minimum Gasteiger partial charge on any atom is -0.491 e. The van der Waals surface area contributed by atoms with E-state index in [0.29, 0.717) is 0 Å². The zero-order valence-electron chi connectivity index (χ0n) is 11.4. The topological polar surface area (TPSA) is 69.3 Å². The van der Waals surface area contributed by atoms with E-state index in [2.05, 4.69) is 5.43 Å². The van der Waals surface area contributed by atoms with Crippen molar-refractivity contribution >= 4 is 16.8 Å². The highest BCUT2D eigenvalue weighted by Crippen LogP contribution is 2.25. The summed E-state index contributed by atoms with van der Waals surface area (Å²) in [5.41, 5.74) is 3.15. The smallest absolute Gasteiger partial charge is 0.256 e. The van der Waals surface area contributed by atoms with Crippen LogP contribution < -0.4 is 16.0 Å². The quantitative estimate of drug-likeness (QED) is 0.502. The van der Waals surface area contributed by atoms with Gasteiger partial charge in [-0.25, -0.2) is 5.84 Å². The summed E-state index contributed by atoms with van der Waals surface area (Å²) in [5, 5.41) is 1.04. The highest BCUT2D eigenvalue weighted by molar-refractivity contribution is 5.86. The number of amides is 1. The largest absolute Gasteiger partial charge is 0.491 e. The lowest BCUT2D eigenvalue weighted by Gasteiger charge is -2.14. The van der Waals surface area contributed by atoms with Crippen molar-refractivity contribution in [2.75, 3.05) is 0 Å². The molecular weight excluding hydrogens is 242 g/mol. The van der Waals surface area contributed by atoms with Crippen molar-refractivity contribution in [3.63, 3.8) is 0 Å². The van der Waals surface area contributed by atoms with Gasteiger partial charge in [-0.15, -0.1) is 0 Å². The second kappa shape index (κ2) is 5.32. The lowest BCUT2D eigenvalue weighted by Crippen LogP contribution is -2.35. The van der Waals surface area contributed by atoms with Crippen molar-refractivity contribution < 1.29 is 9.53 Å². The fourth-order valence-electron chi connectivity index (χ4n) is 2.07. The van der Waals surface area contributed by atoms with Crippen LogP contribution in [0.2, 0.25) is 0 Å². The van der Waals surface area contributed by atoms with Gasteiger partial charge in [0.2, 0.25) is 0 Å². The Morgan fingerprint density at radius 1 is 1.32 bits per heavy atom. The van der Waals surface area contributed by atoms with E-state index in [1.165, 1.54) is 0 Å². The molecule has 3 N–H and O–H groups in total. The summed E-state index contributed by atoms with van der Waals surface area (Å²) in [6.45, 7) is 5.78. The van der Waals surface area contributed by atoms with E-state index in [1.807, 2.05) is 48.9 Å². The summed E-state index contributed by atoms with van der Waals surface area (Å²) in [5.74, 6) is 5.78. The molecule has 1 heterocycles. The number of fused-ring (bicyclic) bond motifs is 1. The molecule has 2 rings (SSSR count). The van der Waals surface area contributed by atoms with Gasteiger partial charge in [0.15, 0.2) is 0 Å². The zero-order valence-corrected chi connectivity index (χ0v) is 11.4. The SMILES string of the molecule is CC(C)Oc1ccc2c(ccn2C(C)C(=O)NN)c1. The molecule has 0 aliphatic rings. The summed E-state index contributed by atoms with van der Waals surface area (Å²) in [6, 6.07) is 7.44. The van der Waals surface area contributed by atoms with Gasteiger partial charge < -0.3 is 9.30 Å². The molecule has 19 heavy (non-hydrogen) atoms. The molecule has 1 amide bonds. The lowest BCUT2D eigenvalue weighted by atomic mass is 10.2. The van der Waals surface area contributed by atoms with E-state index >= 15 is 0 Å². The number of nitrogens with two attached hydrogens (primary N) is 1. The molecule has 102 valence electrons. The summed E-state index contributed by atoms with van der Waals surface area (Å²) < 4.78 is 7.54. The second-order valence-corrected chi connectivity index (χ2v) is 4.79. The first-order valence-electron chi connectivity index (χ1n) is 6.30. The Morgan fingerprint density at radius 2 is 2.05 bits per heavy atom. The number of carbonyl (C=O) groups is 1. The Kier molecular flexibility index (Phi) is 3.76. The number of aromatic nitrogens is 1. The monoisotopic (exact) mass is 261 g/mol. The zero-order chi connectivity index (χ0) is 14.0. The molecule has 5 nitrogen and oxygen atoms in total. The molecule has 1 aromatic heterocycles. The van der Waals surface area contributed by atoms with Gasteiger partial charge in [0.1, 0.15) is 11.8 Å². The van der Waals surface area contributed by atoms with Gasteiger partial charge in [-0.05, 0) is 45.0 Å². The molecule has 5 heteroatoms. The molecule has 0 saturated carbocycles. The number of nitrogens with one attached hydrogen (secondary N) is 1. The van der Waals surface area contributed by atoms with Crippen LogP contribution >= 0.6 is 0 Å². The van der Waals surface area contributed by atoms with Crippen molar-refractivity contribution in [1.29, 1.82) is 0 Å². The van der Waals surface area contributed by atoms with Crippen molar-refractivity contribution in [2.24, 2.45) is 5.84 Å². The molecular formula is C14H19N3O2. The third-order valence-corrected chi connectivity index (χ3v) is 3.00. The van der Waals surface area contributed by atoms with E-state index < -0.39 is 0 Å². The molecule has 0 saturated heterocycles. The van der Waals surface area contributed by atoms with E-state index in [4.69, 9.17) is 10.6 Å². The molecule has 2 aromatic rings. The molecule has 0 fully saturated rings. The number of nitrogens with zero attached hydrogens (tertiary/aromatic N) is 1. The number of hydrogen-bond acceptors (Lipinski definition) is 3. The van der Waals surface area contributed by atoms with Crippen LogP contribution in [0.15, 0.2) is 30.5 Å². The second-order valence-electron chi connectivity index (χ2n) is 4.79. The maximum Gasteiger partial charge on any atom is 0.256 e. The Labute approximate surface area is 112 Å². The van der Waals surface area contributed by atoms with Crippen molar-refractivity contribution in [1.82, 2.24) is 9.99 Å². The van der Waals surface area contributed by atoms with Crippen molar-refractivity contribution in [2.45, 2.75) is 32.9 Å². The Morgan fingerprint density at radius 3 is 2.68 bits per heavy atom. The van der Waals surface area contributed by atoms with Crippen molar-refractivity contribution in [3.05, 3.63) is 30.5 Å². The molecule has 1 unspecified atom stereocenters. The fraction of sp³-hybridized carbons (Fsp3) is 0.357. The van der Waals surface area contributed by atoms with Gasteiger partial charge >= 0.3 is 0 Å². The van der Waals surface area contributed by atoms with Crippen LogP contribution in [0.25, 0.3) is 10.9 Å². The number of hydrazine groups is 1. The first kappa shape index (κ1) is 13.4. The van der Waals surface area contributed by atoms with Gasteiger partial charge in [0.25, 0.3) is 5.91 Å². The molecule has 0 aliphatic heterocycles. The van der Waals surface area contributed by atoms with Gasteiger partial charge in [0, 0.05) is 17.1 Å². The number of rotatable bonds is 4. The summed E-state index contributed by atoms with van der Waals surface area (Å²) in [7, 11) is 0. The summed E-state index contributed by atoms with van der Waals surface area (Å²) >= 11 is 0. The third-order valence-electron chi connectivity index (χ3n) is 3.00. The van der Waals surface area contributed by atoms with Gasteiger partial charge in [-0.3, -0.25) is 10.2 Å². The van der Waals surface area contributed by atoms with Crippen LogP contribution in [0.3, 0.4) is 0 Å². The fourth-order valence-corrected chi connectivity index (χ4v) is 2.07. The van der Waals surface area contributed by atoms with E-state index in [9.17, 15) is 4.79 Å². The lowest BCUT2D eigenvalue weighted by molar-refractivity contribution is -0.123. The van der Waals surface area contributed by atoms with E-state index in [1.54, 1.807) is 6.92 Å². The van der Waals surface area contributed by atoms with Gasteiger partial charge in [-0.2, -0.15) is 0 Å². The van der Waals surface area contributed by atoms with E-state index in [-0.39, 0.29) is 18.1 Å². The molecule has 0 aliphatic carbocycles. The van der Waals surface area contributed by atoms with E-state index in [0.717, 1.165) is 16.7 Å². The summed E-state index contributed by atoms with van der Waals surface area (Å²) in [4.78, 5) is 11.6. The Bertz CT molecular complexity index is 589. The molecule has 0 spiro atoms. The number of carbonyl (C=O) groups excluding carboxylic acids is 1. The van der Waals surface area contributed by atoms with Crippen LogP contribution in [0, 0.1) is 0 Å².